The molecule has 5 nitrogen and oxygen atoms in total. The number of fused-ring (bicyclic) bond motifs is 1. The molecule has 1 atom stereocenters. The molecule has 0 unspecified atom stereocenters. The molecule has 1 N–H and O–H groups in total. The van der Waals surface area contributed by atoms with Gasteiger partial charge in [-0.3, -0.25) is 4.79 Å². The topological polar surface area (TPSA) is 59.8 Å². The Labute approximate surface area is 134 Å². The fourth-order valence-electron chi connectivity index (χ4n) is 2.90. The summed E-state index contributed by atoms with van der Waals surface area (Å²) >= 11 is 1.70. The Morgan fingerprint density at radius 1 is 1.41 bits per heavy atom. The zero-order chi connectivity index (χ0) is 15.4. The number of nitrogens with zero attached hydrogens (tertiary/aromatic N) is 3. The van der Waals surface area contributed by atoms with Crippen molar-refractivity contribution in [2.24, 2.45) is 0 Å². The summed E-state index contributed by atoms with van der Waals surface area (Å²) in [5.41, 5.74) is 0. The number of amides is 1. The van der Waals surface area contributed by atoms with Crippen molar-refractivity contribution in [2.75, 3.05) is 0 Å². The maximum absolute atomic E-state index is 12.1. The van der Waals surface area contributed by atoms with E-state index in [-0.39, 0.29) is 11.9 Å². The number of hydrogen-bond acceptors (Lipinski definition) is 4. The average molecular weight is 318 g/mol. The van der Waals surface area contributed by atoms with Gasteiger partial charge in [0.2, 0.25) is 5.91 Å². The standard InChI is InChI=1S/C16H22N4OS/c1-12(17-15(21)9-8-13-6-5-11-22-13)16-19-18-14-7-3-2-4-10-20(14)16/h5-6,11-12H,2-4,7-10H2,1H3,(H,17,21)/t12-/m1/s1. The van der Waals surface area contributed by atoms with E-state index in [1.54, 1.807) is 11.3 Å². The zero-order valence-corrected chi connectivity index (χ0v) is 13.7. The minimum Gasteiger partial charge on any atom is -0.346 e. The summed E-state index contributed by atoms with van der Waals surface area (Å²) in [7, 11) is 0. The normalized spacial score (nSPS) is 15.9. The summed E-state index contributed by atoms with van der Waals surface area (Å²) in [5.74, 6) is 2.03. The van der Waals surface area contributed by atoms with Crippen LogP contribution in [0.15, 0.2) is 17.5 Å². The van der Waals surface area contributed by atoms with E-state index in [1.807, 2.05) is 18.4 Å². The van der Waals surface area contributed by atoms with Gasteiger partial charge >= 0.3 is 0 Å². The first-order chi connectivity index (χ1) is 10.7. The lowest BCUT2D eigenvalue weighted by atomic mass is 10.2. The Morgan fingerprint density at radius 3 is 3.14 bits per heavy atom. The second-order valence-corrected chi connectivity index (χ2v) is 6.84. The maximum atomic E-state index is 12.1. The molecule has 3 heterocycles. The summed E-state index contributed by atoms with van der Waals surface area (Å²) < 4.78 is 2.19. The molecule has 0 aromatic carbocycles. The number of hydrogen-bond donors (Lipinski definition) is 1. The quantitative estimate of drug-likeness (QED) is 0.922. The summed E-state index contributed by atoms with van der Waals surface area (Å²) in [4.78, 5) is 13.4. The first-order valence-corrected chi connectivity index (χ1v) is 8.85. The first kappa shape index (κ1) is 15.2. The summed E-state index contributed by atoms with van der Waals surface area (Å²) in [5, 5.41) is 13.7. The molecule has 0 aliphatic carbocycles. The Balaban J connectivity index is 1.58. The minimum atomic E-state index is -0.0878. The maximum Gasteiger partial charge on any atom is 0.220 e. The van der Waals surface area contributed by atoms with Crippen LogP contribution in [0, 0.1) is 0 Å². The van der Waals surface area contributed by atoms with Crippen molar-refractivity contribution in [1.82, 2.24) is 20.1 Å². The zero-order valence-electron chi connectivity index (χ0n) is 12.9. The van der Waals surface area contributed by atoms with Crippen LogP contribution in [0.2, 0.25) is 0 Å². The Morgan fingerprint density at radius 2 is 2.32 bits per heavy atom. The van der Waals surface area contributed by atoms with Crippen molar-refractivity contribution in [3.8, 4) is 0 Å². The molecule has 22 heavy (non-hydrogen) atoms. The van der Waals surface area contributed by atoms with E-state index in [9.17, 15) is 4.79 Å². The van der Waals surface area contributed by atoms with Crippen molar-refractivity contribution in [2.45, 2.75) is 58.0 Å². The van der Waals surface area contributed by atoms with Gasteiger partial charge in [0.05, 0.1) is 6.04 Å². The summed E-state index contributed by atoms with van der Waals surface area (Å²) in [6.45, 7) is 2.96. The van der Waals surface area contributed by atoms with Crippen LogP contribution in [0.4, 0.5) is 0 Å². The molecule has 0 saturated carbocycles. The lowest BCUT2D eigenvalue weighted by Gasteiger charge is -2.15. The van der Waals surface area contributed by atoms with Crippen LogP contribution in [0.25, 0.3) is 0 Å². The number of nitrogens with one attached hydrogen (secondary N) is 1. The highest BCUT2D eigenvalue weighted by Gasteiger charge is 2.20. The van der Waals surface area contributed by atoms with Crippen LogP contribution < -0.4 is 5.32 Å². The van der Waals surface area contributed by atoms with Gasteiger partial charge in [-0.25, -0.2) is 0 Å². The first-order valence-electron chi connectivity index (χ1n) is 7.98. The van der Waals surface area contributed by atoms with E-state index >= 15 is 0 Å². The van der Waals surface area contributed by atoms with Gasteiger partial charge < -0.3 is 9.88 Å². The number of aromatic nitrogens is 3. The fourth-order valence-corrected chi connectivity index (χ4v) is 3.61. The molecule has 1 amide bonds. The van der Waals surface area contributed by atoms with Crippen molar-refractivity contribution < 1.29 is 4.79 Å². The van der Waals surface area contributed by atoms with E-state index in [1.165, 1.54) is 17.7 Å². The monoisotopic (exact) mass is 318 g/mol. The molecule has 0 bridgehead atoms. The summed E-state index contributed by atoms with van der Waals surface area (Å²) in [6, 6.07) is 4.00. The second-order valence-electron chi connectivity index (χ2n) is 5.81. The van der Waals surface area contributed by atoms with Gasteiger partial charge in [-0.15, -0.1) is 21.5 Å². The highest BCUT2D eigenvalue weighted by atomic mass is 32.1. The van der Waals surface area contributed by atoms with Gasteiger partial charge in [0, 0.05) is 24.3 Å². The molecular weight excluding hydrogens is 296 g/mol. The van der Waals surface area contributed by atoms with E-state index in [4.69, 9.17) is 0 Å². The SMILES string of the molecule is C[C@@H](NC(=O)CCc1cccs1)c1nnc2n1CCCCC2. The van der Waals surface area contributed by atoms with E-state index in [0.717, 1.165) is 37.5 Å². The van der Waals surface area contributed by atoms with Crippen LogP contribution in [0.1, 0.15) is 55.2 Å². The van der Waals surface area contributed by atoms with Crippen molar-refractivity contribution >= 4 is 17.2 Å². The van der Waals surface area contributed by atoms with Gasteiger partial charge in [0.25, 0.3) is 0 Å². The number of rotatable bonds is 5. The number of carbonyl (C=O) groups excluding carboxylic acids is 1. The number of carbonyl (C=O) groups is 1. The predicted octanol–water partition coefficient (Wildman–Crippen LogP) is 2.88. The third kappa shape index (κ3) is 3.55. The van der Waals surface area contributed by atoms with Crippen LogP contribution in [-0.4, -0.2) is 20.7 Å². The van der Waals surface area contributed by atoms with Gasteiger partial charge in [-0.1, -0.05) is 12.5 Å². The molecule has 0 fully saturated rings. The summed E-state index contributed by atoms with van der Waals surface area (Å²) in [6.07, 6.45) is 5.90. The fraction of sp³-hybridized carbons (Fsp3) is 0.562. The number of aryl methyl sites for hydroxylation is 2. The lowest BCUT2D eigenvalue weighted by Crippen LogP contribution is -2.29. The van der Waals surface area contributed by atoms with Crippen LogP contribution in [0.5, 0.6) is 0 Å². The molecule has 2 aromatic heterocycles. The molecule has 0 spiro atoms. The van der Waals surface area contributed by atoms with Crippen molar-refractivity contribution in [3.63, 3.8) is 0 Å². The smallest absolute Gasteiger partial charge is 0.220 e. The average Bonchev–Trinajstić information content (AvgIpc) is 3.10. The molecule has 0 radical (unpaired) electrons. The lowest BCUT2D eigenvalue weighted by molar-refractivity contribution is -0.121. The molecule has 3 rings (SSSR count). The Bertz CT molecular complexity index is 620. The van der Waals surface area contributed by atoms with E-state index in [2.05, 4.69) is 26.1 Å². The van der Waals surface area contributed by atoms with E-state index < -0.39 is 0 Å². The minimum absolute atomic E-state index is 0.0758. The third-order valence-corrected chi connectivity index (χ3v) is 5.02. The van der Waals surface area contributed by atoms with Crippen LogP contribution in [-0.2, 0) is 24.2 Å². The highest BCUT2D eigenvalue weighted by Crippen LogP contribution is 2.19. The Kier molecular flexibility index (Phi) is 4.87. The molecule has 1 aliphatic heterocycles. The van der Waals surface area contributed by atoms with Gasteiger partial charge in [0.15, 0.2) is 5.82 Å². The van der Waals surface area contributed by atoms with Gasteiger partial charge in [-0.2, -0.15) is 0 Å². The molecule has 118 valence electrons. The predicted molar refractivity (Wildman–Crippen MR) is 86.8 cm³/mol. The highest BCUT2D eigenvalue weighted by molar-refractivity contribution is 7.09. The molecule has 6 heteroatoms. The largest absolute Gasteiger partial charge is 0.346 e. The van der Waals surface area contributed by atoms with E-state index in [0.29, 0.717) is 6.42 Å². The number of thiophene rings is 1. The van der Waals surface area contributed by atoms with Crippen molar-refractivity contribution in [3.05, 3.63) is 34.0 Å². The van der Waals surface area contributed by atoms with Crippen LogP contribution in [0.3, 0.4) is 0 Å². The molecule has 1 aliphatic rings. The van der Waals surface area contributed by atoms with Crippen molar-refractivity contribution in [1.29, 1.82) is 0 Å². The van der Waals surface area contributed by atoms with Gasteiger partial charge in [0.1, 0.15) is 5.82 Å². The third-order valence-electron chi connectivity index (χ3n) is 4.08. The Hall–Kier alpha value is -1.69. The molecular formula is C16H22N4OS. The molecule has 2 aromatic rings. The van der Waals surface area contributed by atoms with Gasteiger partial charge in [-0.05, 0) is 37.6 Å². The molecule has 0 saturated heterocycles. The second kappa shape index (κ2) is 7.05. The van der Waals surface area contributed by atoms with Crippen LogP contribution >= 0.6 is 11.3 Å².